The number of H-pyrrole nitrogens is 1. The van der Waals surface area contributed by atoms with Crippen molar-refractivity contribution < 1.29 is 57.8 Å². The number of hydrogen-bond donors (Lipinski definition) is 14. The van der Waals surface area contributed by atoms with Crippen LogP contribution in [0.4, 0.5) is 0 Å². The van der Waals surface area contributed by atoms with Crippen LogP contribution in [0.1, 0.15) is 123 Å². The van der Waals surface area contributed by atoms with Gasteiger partial charge in [0.05, 0.1) is 12.4 Å². The largest absolute Gasteiger partial charge is 0.480 e. The molecule has 2 heterocycles. The minimum absolute atomic E-state index is 0.0357. The first-order valence-corrected chi connectivity index (χ1v) is 27.1. The molecule has 1 aromatic heterocycles. The maximum Gasteiger partial charge on any atom is 0.326 e. The number of unbranched alkanes of at least 4 members (excludes halogenated alkanes) is 1. The van der Waals surface area contributed by atoms with E-state index in [0.717, 1.165) is 6.42 Å². The maximum atomic E-state index is 14.6. The van der Waals surface area contributed by atoms with E-state index in [1.165, 1.54) is 12.5 Å². The number of rotatable bonds is 36. The molecule has 438 valence electrons. The molecule has 1 fully saturated rings. The molecular formula is C53H84N14O12. The van der Waals surface area contributed by atoms with E-state index in [1.807, 2.05) is 13.8 Å². The first kappa shape index (κ1) is 65.8. The second-order valence-electron chi connectivity index (χ2n) is 20.9. The van der Waals surface area contributed by atoms with Gasteiger partial charge < -0.3 is 75.1 Å². The molecule has 17 N–H and O–H groups in total. The van der Waals surface area contributed by atoms with Crippen molar-refractivity contribution in [2.24, 2.45) is 35.0 Å². The Morgan fingerprint density at radius 1 is 0.633 bits per heavy atom. The molecule has 1 saturated heterocycles. The zero-order valence-corrected chi connectivity index (χ0v) is 46.2. The van der Waals surface area contributed by atoms with Gasteiger partial charge in [0.15, 0.2) is 0 Å². The molecule has 79 heavy (non-hydrogen) atoms. The van der Waals surface area contributed by atoms with Crippen LogP contribution >= 0.6 is 0 Å². The van der Waals surface area contributed by atoms with Crippen LogP contribution in [0, 0.1) is 17.8 Å². The van der Waals surface area contributed by atoms with Crippen molar-refractivity contribution in [1.82, 2.24) is 57.8 Å². The van der Waals surface area contributed by atoms with Crippen molar-refractivity contribution in [3.8, 4) is 0 Å². The summed E-state index contributed by atoms with van der Waals surface area (Å²) in [5.41, 5.74) is 17.6. The van der Waals surface area contributed by atoms with Gasteiger partial charge in [-0.3, -0.25) is 47.9 Å². The number of amides is 10. The minimum atomic E-state index is -1.53. The maximum absolute atomic E-state index is 14.6. The van der Waals surface area contributed by atoms with E-state index in [4.69, 9.17) is 17.2 Å². The van der Waals surface area contributed by atoms with Gasteiger partial charge >= 0.3 is 5.97 Å². The first-order valence-electron chi connectivity index (χ1n) is 27.1. The van der Waals surface area contributed by atoms with Crippen LogP contribution in [0.25, 0.3) is 0 Å². The van der Waals surface area contributed by atoms with Gasteiger partial charge in [-0.15, -0.1) is 0 Å². The topological polar surface area (TPSA) is 423 Å². The average molecular weight is 1110 g/mol. The van der Waals surface area contributed by atoms with E-state index >= 15 is 0 Å². The Balaban J connectivity index is 1.98. The quantitative estimate of drug-likeness (QED) is 0.0339. The number of benzene rings is 1. The molecule has 10 atom stereocenters. The summed E-state index contributed by atoms with van der Waals surface area (Å²) in [6.07, 6.45) is 3.73. The Kier molecular flexibility index (Phi) is 28.1. The Morgan fingerprint density at radius 3 is 1.61 bits per heavy atom. The van der Waals surface area contributed by atoms with E-state index in [-0.39, 0.29) is 56.9 Å². The van der Waals surface area contributed by atoms with Gasteiger partial charge in [-0.2, -0.15) is 0 Å². The van der Waals surface area contributed by atoms with Crippen LogP contribution in [-0.4, -0.2) is 148 Å². The van der Waals surface area contributed by atoms with E-state index in [0.29, 0.717) is 43.5 Å². The van der Waals surface area contributed by atoms with E-state index in [2.05, 4.69) is 57.8 Å². The van der Waals surface area contributed by atoms with Crippen molar-refractivity contribution in [1.29, 1.82) is 0 Å². The molecule has 10 unspecified atom stereocenters. The molecule has 1 aromatic carbocycles. The third-order valence-corrected chi connectivity index (χ3v) is 13.5. The smallest absolute Gasteiger partial charge is 0.326 e. The molecule has 26 heteroatoms. The number of aliphatic carboxylic acids is 1. The molecule has 10 amide bonds. The highest BCUT2D eigenvalue weighted by Gasteiger charge is 2.37. The lowest BCUT2D eigenvalue weighted by Crippen LogP contribution is -2.61. The molecule has 0 saturated carbocycles. The lowest BCUT2D eigenvalue weighted by molar-refractivity contribution is -0.144. The van der Waals surface area contributed by atoms with Crippen LogP contribution in [0.2, 0.25) is 0 Å². The third-order valence-electron chi connectivity index (χ3n) is 13.5. The summed E-state index contributed by atoms with van der Waals surface area (Å²) in [5, 5.41) is 34.1. The highest BCUT2D eigenvalue weighted by molar-refractivity contribution is 5.98. The van der Waals surface area contributed by atoms with Gasteiger partial charge in [0, 0.05) is 37.6 Å². The third kappa shape index (κ3) is 23.2. The summed E-state index contributed by atoms with van der Waals surface area (Å²) in [4.78, 5) is 156. The standard InChI is InChI=1S/C53H84N14O12/c1-7-31(6)44(52(77)66-43(30(4)5)53(78)79)67-48(73)37(19-21-42(56)69)62-50(75)39(25-32-14-9-8-10-15-32)64-51(76)40(26-33-27-57-28-59-33)65-47(72)36(18-20-41(55)68)61-46(71)35(16-11-12-22-54)60-49(74)38(24-29(2)3)63-45(70)34-17-13-23-58-34/h8-10,14-15,27-31,34-40,43-44,58H,7,11-13,16-26,54H2,1-6H3,(H2,55,68)(H2,56,69)(H,57,59)(H,60,74)(H,61,71)(H,62,75)(H,63,70)(H,64,76)(H,65,72)(H,66,77)(H,67,73)(H,78,79). The molecule has 1 aliphatic heterocycles. The van der Waals surface area contributed by atoms with Crippen molar-refractivity contribution in [3.05, 3.63) is 54.1 Å². The molecule has 0 spiro atoms. The number of carbonyl (C=O) groups excluding carboxylic acids is 10. The molecule has 0 aliphatic carbocycles. The van der Waals surface area contributed by atoms with Gasteiger partial charge in [0.1, 0.15) is 48.3 Å². The summed E-state index contributed by atoms with van der Waals surface area (Å²) in [6, 6.07) is -2.91. The van der Waals surface area contributed by atoms with Gasteiger partial charge in [0.25, 0.3) is 0 Å². The number of nitrogens with two attached hydrogens (primary N) is 3. The summed E-state index contributed by atoms with van der Waals surface area (Å²) >= 11 is 0. The molecule has 0 bridgehead atoms. The first-order chi connectivity index (χ1) is 37.4. The Morgan fingerprint density at radius 2 is 1.14 bits per heavy atom. The summed E-state index contributed by atoms with van der Waals surface area (Å²) in [7, 11) is 0. The predicted octanol–water partition coefficient (Wildman–Crippen LogP) is -1.68. The van der Waals surface area contributed by atoms with Gasteiger partial charge in [-0.25, -0.2) is 9.78 Å². The second kappa shape index (κ2) is 33.7. The fourth-order valence-electron chi connectivity index (χ4n) is 8.71. The lowest BCUT2D eigenvalue weighted by atomic mass is 9.96. The number of hydrogen-bond acceptors (Lipinski definition) is 14. The zero-order valence-electron chi connectivity index (χ0n) is 46.2. The number of nitrogens with zero attached hydrogens (tertiary/aromatic N) is 1. The van der Waals surface area contributed by atoms with E-state index < -0.39 is 138 Å². The molecular weight excluding hydrogens is 1020 g/mol. The van der Waals surface area contributed by atoms with E-state index in [9.17, 15) is 57.8 Å². The number of aromatic amines is 1. The van der Waals surface area contributed by atoms with Crippen molar-refractivity contribution >= 4 is 65.0 Å². The monoisotopic (exact) mass is 1110 g/mol. The number of nitrogens with one attached hydrogen (secondary N) is 10. The Bertz CT molecular complexity index is 2350. The van der Waals surface area contributed by atoms with E-state index in [1.54, 1.807) is 58.0 Å². The number of primary amides is 2. The number of carboxylic acid groups (broad SMARTS) is 1. The van der Waals surface area contributed by atoms with Gasteiger partial charge in [0.2, 0.25) is 59.1 Å². The fourth-order valence-corrected chi connectivity index (χ4v) is 8.71. The molecule has 0 radical (unpaired) electrons. The highest BCUT2D eigenvalue weighted by atomic mass is 16.4. The lowest BCUT2D eigenvalue weighted by Gasteiger charge is -2.29. The second-order valence-corrected chi connectivity index (χ2v) is 20.9. The van der Waals surface area contributed by atoms with Crippen molar-refractivity contribution in [2.75, 3.05) is 13.1 Å². The van der Waals surface area contributed by atoms with Crippen LogP contribution in [-0.2, 0) is 65.6 Å². The summed E-state index contributed by atoms with van der Waals surface area (Å²) in [6.45, 7) is 11.3. The van der Waals surface area contributed by atoms with Crippen molar-refractivity contribution in [2.45, 2.75) is 179 Å². The number of imidazole rings is 1. The molecule has 1 aliphatic rings. The van der Waals surface area contributed by atoms with Crippen LogP contribution in [0.15, 0.2) is 42.9 Å². The molecule has 2 aromatic rings. The van der Waals surface area contributed by atoms with Crippen LogP contribution in [0.3, 0.4) is 0 Å². The SMILES string of the molecule is CCC(C)C(NC(=O)C(CCC(N)=O)NC(=O)C(Cc1ccccc1)NC(=O)C(Cc1cnc[nH]1)NC(=O)C(CCC(N)=O)NC(=O)C(CCCCN)NC(=O)C(CC(C)C)NC(=O)C1CCCN1)C(=O)NC(C(=O)O)C(C)C. The highest BCUT2D eigenvalue weighted by Crippen LogP contribution is 2.15. The average Bonchev–Trinajstić information content (AvgIpc) is 4.14. The Hall–Kier alpha value is -7.48. The minimum Gasteiger partial charge on any atom is -0.480 e. The van der Waals surface area contributed by atoms with Gasteiger partial charge in [-0.1, -0.05) is 78.3 Å². The predicted molar refractivity (Wildman–Crippen MR) is 290 cm³/mol. The fraction of sp³-hybridized carbons (Fsp3) is 0.623. The molecule has 26 nitrogen and oxygen atoms in total. The van der Waals surface area contributed by atoms with Crippen LogP contribution < -0.4 is 65.1 Å². The van der Waals surface area contributed by atoms with Crippen LogP contribution in [0.5, 0.6) is 0 Å². The van der Waals surface area contributed by atoms with Crippen molar-refractivity contribution in [3.63, 3.8) is 0 Å². The normalized spacial score (nSPS) is 16.5. The Labute approximate surface area is 461 Å². The summed E-state index contributed by atoms with van der Waals surface area (Å²) in [5.74, 6) is -10.3. The number of carboxylic acids is 1. The number of carbonyl (C=O) groups is 11. The zero-order chi connectivity index (χ0) is 58.8. The van der Waals surface area contributed by atoms with Gasteiger partial charge in [-0.05, 0) is 87.8 Å². The molecule has 3 rings (SSSR count). The number of aromatic nitrogens is 2. The summed E-state index contributed by atoms with van der Waals surface area (Å²) < 4.78 is 0.